The van der Waals surface area contributed by atoms with Crippen molar-refractivity contribution in [3.8, 4) is 5.75 Å². The van der Waals surface area contributed by atoms with Gasteiger partial charge in [0, 0.05) is 12.2 Å². The number of aromatic nitrogens is 1. The second-order valence-electron chi connectivity index (χ2n) is 7.16. The second kappa shape index (κ2) is 9.73. The van der Waals surface area contributed by atoms with E-state index in [9.17, 15) is 4.79 Å². The number of methoxy groups -OCH3 is 1. The van der Waals surface area contributed by atoms with Gasteiger partial charge in [0.25, 0.3) is 5.91 Å². The summed E-state index contributed by atoms with van der Waals surface area (Å²) < 4.78 is 5.22. The molecule has 5 heteroatoms. The molecule has 1 heterocycles. The first-order chi connectivity index (χ1) is 14.1. The zero-order valence-electron chi connectivity index (χ0n) is 17.1. The normalized spacial score (nSPS) is 10.6. The van der Waals surface area contributed by atoms with Crippen molar-refractivity contribution in [2.45, 2.75) is 26.2 Å². The fourth-order valence-electron chi connectivity index (χ4n) is 3.11. The predicted octanol–water partition coefficient (Wildman–Crippen LogP) is 4.93. The smallest absolute Gasteiger partial charge is 0.269 e. The van der Waals surface area contributed by atoms with Crippen molar-refractivity contribution < 1.29 is 9.53 Å². The molecule has 2 aromatic carbocycles. The Morgan fingerprint density at radius 1 is 1.07 bits per heavy atom. The first-order valence-electron chi connectivity index (χ1n) is 9.80. The van der Waals surface area contributed by atoms with Gasteiger partial charge in [0.15, 0.2) is 0 Å². The van der Waals surface area contributed by atoms with Gasteiger partial charge in [-0.25, -0.2) is 4.98 Å². The average molecular weight is 389 g/mol. The lowest BCUT2D eigenvalue weighted by molar-refractivity contribution is 0.0949. The molecular weight excluding hydrogens is 362 g/mol. The van der Waals surface area contributed by atoms with Gasteiger partial charge in [-0.15, -0.1) is 0 Å². The van der Waals surface area contributed by atoms with E-state index < -0.39 is 0 Å². The number of carbonyl (C=O) groups is 1. The largest absolute Gasteiger partial charge is 0.497 e. The third kappa shape index (κ3) is 5.57. The van der Waals surface area contributed by atoms with E-state index >= 15 is 0 Å². The Labute approximate surface area is 172 Å². The number of benzene rings is 2. The maximum absolute atomic E-state index is 12.4. The lowest BCUT2D eigenvalue weighted by atomic mass is 10.0. The summed E-state index contributed by atoms with van der Waals surface area (Å²) in [5.74, 6) is 1.06. The molecule has 0 unspecified atom stereocenters. The Hall–Kier alpha value is -3.34. The first kappa shape index (κ1) is 20.4. The number of anilines is 2. The minimum absolute atomic E-state index is 0.179. The van der Waals surface area contributed by atoms with Crippen LogP contribution in [0.25, 0.3) is 0 Å². The zero-order chi connectivity index (χ0) is 20.6. The van der Waals surface area contributed by atoms with Gasteiger partial charge in [0.2, 0.25) is 0 Å². The third-order valence-corrected chi connectivity index (χ3v) is 4.69. The molecule has 1 amide bonds. The highest BCUT2D eigenvalue weighted by Crippen LogP contribution is 2.26. The number of hydrogen-bond donors (Lipinski definition) is 2. The van der Waals surface area contributed by atoms with E-state index in [-0.39, 0.29) is 5.91 Å². The summed E-state index contributed by atoms with van der Waals surface area (Å²) in [5, 5.41) is 6.30. The summed E-state index contributed by atoms with van der Waals surface area (Å²) in [5.41, 5.74) is 4.66. The second-order valence-corrected chi connectivity index (χ2v) is 7.16. The molecule has 0 aliphatic carbocycles. The number of amides is 1. The van der Waals surface area contributed by atoms with Crippen molar-refractivity contribution in [3.63, 3.8) is 0 Å². The zero-order valence-corrected chi connectivity index (χ0v) is 17.1. The molecule has 0 radical (unpaired) electrons. The Kier molecular flexibility index (Phi) is 6.85. The topological polar surface area (TPSA) is 63.2 Å². The van der Waals surface area contributed by atoms with Gasteiger partial charge in [0.1, 0.15) is 11.4 Å². The number of nitrogens with zero attached hydrogens (tertiary/aromatic N) is 1. The van der Waals surface area contributed by atoms with Crippen LogP contribution < -0.4 is 15.4 Å². The average Bonchev–Trinajstić information content (AvgIpc) is 2.74. The van der Waals surface area contributed by atoms with E-state index in [4.69, 9.17) is 4.74 Å². The molecule has 0 saturated heterocycles. The van der Waals surface area contributed by atoms with Crippen LogP contribution in [0, 0.1) is 0 Å². The van der Waals surface area contributed by atoms with Crippen molar-refractivity contribution in [2.24, 2.45) is 0 Å². The molecule has 0 fully saturated rings. The van der Waals surface area contributed by atoms with Crippen molar-refractivity contribution in [1.29, 1.82) is 0 Å². The van der Waals surface area contributed by atoms with Crippen LogP contribution in [0.1, 0.15) is 41.4 Å². The van der Waals surface area contributed by atoms with Crippen LogP contribution in [0.5, 0.6) is 5.75 Å². The van der Waals surface area contributed by atoms with Gasteiger partial charge >= 0.3 is 0 Å². The summed E-state index contributed by atoms with van der Waals surface area (Å²) in [6.07, 6.45) is 2.42. The van der Waals surface area contributed by atoms with Gasteiger partial charge in [-0.05, 0) is 53.8 Å². The van der Waals surface area contributed by atoms with Crippen molar-refractivity contribution in [3.05, 3.63) is 83.7 Å². The van der Waals surface area contributed by atoms with Crippen LogP contribution in [0.3, 0.4) is 0 Å². The van der Waals surface area contributed by atoms with E-state index in [0.717, 1.165) is 29.1 Å². The van der Waals surface area contributed by atoms with Crippen LogP contribution in [0.15, 0.2) is 66.9 Å². The molecule has 0 bridgehead atoms. The molecule has 5 nitrogen and oxygen atoms in total. The quantitative estimate of drug-likeness (QED) is 0.573. The van der Waals surface area contributed by atoms with Crippen molar-refractivity contribution in [1.82, 2.24) is 10.3 Å². The maximum atomic E-state index is 12.4. The third-order valence-electron chi connectivity index (χ3n) is 4.69. The monoisotopic (exact) mass is 389 g/mol. The number of hydrogen-bond acceptors (Lipinski definition) is 4. The molecule has 29 heavy (non-hydrogen) atoms. The highest BCUT2D eigenvalue weighted by Gasteiger charge is 2.09. The van der Waals surface area contributed by atoms with Gasteiger partial charge in [-0.2, -0.15) is 0 Å². The fourth-order valence-corrected chi connectivity index (χ4v) is 3.11. The van der Waals surface area contributed by atoms with Crippen LogP contribution >= 0.6 is 0 Å². The number of carbonyl (C=O) groups excluding carboxylic acids is 1. The number of nitrogens with one attached hydrogen (secondary N) is 2. The molecule has 1 aromatic heterocycles. The Balaban J connectivity index is 1.56. The fraction of sp³-hybridized carbons (Fsp3) is 0.250. The van der Waals surface area contributed by atoms with Crippen molar-refractivity contribution >= 4 is 17.3 Å². The summed E-state index contributed by atoms with van der Waals surface area (Å²) in [6, 6.07) is 19.7. The minimum atomic E-state index is -0.179. The molecule has 0 saturated carbocycles. The molecule has 0 aliphatic rings. The Bertz CT molecular complexity index is 952. The highest BCUT2D eigenvalue weighted by molar-refractivity contribution is 5.92. The molecular formula is C24H27N3O2. The molecule has 150 valence electrons. The molecule has 2 N–H and O–H groups in total. The lowest BCUT2D eigenvalue weighted by Crippen LogP contribution is -2.26. The van der Waals surface area contributed by atoms with Gasteiger partial charge < -0.3 is 15.4 Å². The van der Waals surface area contributed by atoms with Gasteiger partial charge in [-0.1, -0.05) is 44.2 Å². The van der Waals surface area contributed by atoms with E-state index in [0.29, 0.717) is 18.2 Å². The van der Waals surface area contributed by atoms with Crippen LogP contribution in [0.4, 0.5) is 11.4 Å². The summed E-state index contributed by atoms with van der Waals surface area (Å²) in [4.78, 5) is 16.7. The van der Waals surface area contributed by atoms with E-state index in [2.05, 4.69) is 41.6 Å². The molecule has 3 aromatic rings. The van der Waals surface area contributed by atoms with E-state index in [1.165, 1.54) is 5.56 Å². The van der Waals surface area contributed by atoms with E-state index in [1.807, 2.05) is 42.5 Å². The van der Waals surface area contributed by atoms with Crippen LogP contribution in [-0.2, 0) is 6.42 Å². The SMILES string of the molecule is COc1cccc(CCNC(=O)c2ccc(Nc3ccccc3C(C)C)cn2)c1. The molecule has 3 rings (SSSR count). The summed E-state index contributed by atoms with van der Waals surface area (Å²) in [7, 11) is 1.65. The van der Waals surface area contributed by atoms with Gasteiger partial charge in [0.05, 0.1) is 19.0 Å². The van der Waals surface area contributed by atoms with Gasteiger partial charge in [-0.3, -0.25) is 4.79 Å². The Morgan fingerprint density at radius 3 is 2.62 bits per heavy atom. The van der Waals surface area contributed by atoms with E-state index in [1.54, 1.807) is 19.4 Å². The standard InChI is InChI=1S/C24H27N3O2/c1-17(2)21-9-4-5-10-22(21)27-19-11-12-23(26-16-19)24(28)25-14-13-18-7-6-8-20(15-18)29-3/h4-12,15-17,27H,13-14H2,1-3H3,(H,25,28). The number of para-hydroxylation sites is 1. The predicted molar refractivity (Wildman–Crippen MR) is 117 cm³/mol. The molecule has 0 aliphatic heterocycles. The van der Waals surface area contributed by atoms with Crippen molar-refractivity contribution in [2.75, 3.05) is 19.0 Å². The molecule has 0 spiro atoms. The summed E-state index contributed by atoms with van der Waals surface area (Å²) in [6.45, 7) is 4.87. The molecule has 0 atom stereocenters. The lowest BCUT2D eigenvalue weighted by Gasteiger charge is -2.14. The highest BCUT2D eigenvalue weighted by atomic mass is 16.5. The Morgan fingerprint density at radius 2 is 1.90 bits per heavy atom. The summed E-state index contributed by atoms with van der Waals surface area (Å²) >= 11 is 0. The first-order valence-corrected chi connectivity index (χ1v) is 9.80. The number of rotatable bonds is 8. The maximum Gasteiger partial charge on any atom is 0.269 e. The van der Waals surface area contributed by atoms with Crippen LogP contribution in [-0.4, -0.2) is 24.5 Å². The number of ether oxygens (including phenoxy) is 1. The number of pyridine rings is 1. The van der Waals surface area contributed by atoms with Crippen LogP contribution in [0.2, 0.25) is 0 Å². The minimum Gasteiger partial charge on any atom is -0.497 e.